The zero-order valence-corrected chi connectivity index (χ0v) is 10.2. The highest BCUT2D eigenvalue weighted by atomic mass is 127. The number of rotatable bonds is 1. The standard InChI is InChI=1S/C9H11IN2S/c10-9-11-8(13-12-9)7-4-5-1-2-6(7)3-5/h5-7H,1-4H2. The van der Waals surface area contributed by atoms with Gasteiger partial charge < -0.3 is 0 Å². The van der Waals surface area contributed by atoms with Gasteiger partial charge in [0.05, 0.1) is 0 Å². The zero-order chi connectivity index (χ0) is 8.84. The van der Waals surface area contributed by atoms with Crippen molar-refractivity contribution in [3.8, 4) is 0 Å². The van der Waals surface area contributed by atoms with Gasteiger partial charge in [0.25, 0.3) is 0 Å². The van der Waals surface area contributed by atoms with E-state index in [0.29, 0.717) is 0 Å². The second kappa shape index (κ2) is 3.15. The smallest absolute Gasteiger partial charge is 0.203 e. The molecule has 2 aliphatic rings. The summed E-state index contributed by atoms with van der Waals surface area (Å²) in [5.74, 6) is 2.71. The van der Waals surface area contributed by atoms with Gasteiger partial charge in [0.15, 0.2) is 0 Å². The lowest BCUT2D eigenvalue weighted by molar-refractivity contribution is 0.418. The molecule has 0 N–H and O–H groups in total. The molecule has 4 heteroatoms. The summed E-state index contributed by atoms with van der Waals surface area (Å²) in [5, 5.41) is 1.30. The van der Waals surface area contributed by atoms with Gasteiger partial charge in [-0.25, -0.2) is 4.98 Å². The Morgan fingerprint density at radius 1 is 1.31 bits per heavy atom. The van der Waals surface area contributed by atoms with Crippen LogP contribution in [0.25, 0.3) is 0 Å². The fraction of sp³-hybridized carbons (Fsp3) is 0.778. The molecule has 2 nitrogen and oxygen atoms in total. The van der Waals surface area contributed by atoms with Gasteiger partial charge in [0.2, 0.25) is 3.83 Å². The van der Waals surface area contributed by atoms with Gasteiger partial charge in [-0.3, -0.25) is 0 Å². The maximum Gasteiger partial charge on any atom is 0.203 e. The fourth-order valence-electron chi connectivity index (χ4n) is 2.91. The number of hydrogen-bond donors (Lipinski definition) is 0. The van der Waals surface area contributed by atoms with Gasteiger partial charge in [-0.05, 0) is 42.6 Å². The molecule has 2 saturated carbocycles. The lowest BCUT2D eigenvalue weighted by Gasteiger charge is -2.18. The van der Waals surface area contributed by atoms with Crippen LogP contribution in [0.15, 0.2) is 0 Å². The average Bonchev–Trinajstić information content (AvgIpc) is 2.77. The molecule has 0 amide bonds. The predicted molar refractivity (Wildman–Crippen MR) is 60.8 cm³/mol. The van der Waals surface area contributed by atoms with E-state index in [4.69, 9.17) is 0 Å². The molecule has 2 bridgehead atoms. The number of nitrogens with zero attached hydrogens (tertiary/aromatic N) is 2. The molecule has 3 atom stereocenters. The van der Waals surface area contributed by atoms with E-state index in [1.807, 2.05) is 0 Å². The first-order valence-electron chi connectivity index (χ1n) is 4.82. The van der Waals surface area contributed by atoms with Gasteiger partial charge in [-0.2, -0.15) is 4.37 Å². The van der Waals surface area contributed by atoms with Crippen molar-refractivity contribution >= 4 is 34.1 Å². The number of halogens is 1. The molecule has 70 valence electrons. The highest BCUT2D eigenvalue weighted by molar-refractivity contribution is 14.1. The summed E-state index contributed by atoms with van der Waals surface area (Å²) in [7, 11) is 0. The Labute approximate surface area is 95.5 Å². The van der Waals surface area contributed by atoms with Crippen LogP contribution in [0.2, 0.25) is 0 Å². The zero-order valence-electron chi connectivity index (χ0n) is 7.24. The van der Waals surface area contributed by atoms with Gasteiger partial charge in [0, 0.05) is 28.5 Å². The van der Waals surface area contributed by atoms with E-state index < -0.39 is 0 Å². The predicted octanol–water partition coefficient (Wildman–Crippen LogP) is 3.05. The second-order valence-electron chi connectivity index (χ2n) is 4.18. The summed E-state index contributed by atoms with van der Waals surface area (Å²) < 4.78 is 5.19. The molecular formula is C9H11IN2S. The lowest BCUT2D eigenvalue weighted by Crippen LogP contribution is -2.07. The topological polar surface area (TPSA) is 25.8 Å². The molecule has 0 saturated heterocycles. The Balaban J connectivity index is 1.87. The summed E-state index contributed by atoms with van der Waals surface area (Å²) >= 11 is 3.82. The number of aromatic nitrogens is 2. The Hall–Kier alpha value is 0.290. The average molecular weight is 306 g/mol. The van der Waals surface area contributed by atoms with E-state index >= 15 is 0 Å². The highest BCUT2D eigenvalue weighted by Gasteiger charge is 2.41. The third kappa shape index (κ3) is 1.42. The van der Waals surface area contributed by atoms with Crippen LogP contribution < -0.4 is 0 Å². The second-order valence-corrected chi connectivity index (χ2v) is 5.93. The maximum atomic E-state index is 4.51. The fourth-order valence-corrected chi connectivity index (χ4v) is 4.39. The first kappa shape index (κ1) is 8.59. The van der Waals surface area contributed by atoms with Crippen LogP contribution in [-0.2, 0) is 0 Å². The molecule has 0 radical (unpaired) electrons. The normalized spacial score (nSPS) is 37.2. The molecule has 13 heavy (non-hydrogen) atoms. The minimum absolute atomic E-state index is 0.764. The quantitative estimate of drug-likeness (QED) is 0.745. The molecule has 3 rings (SSSR count). The van der Waals surface area contributed by atoms with E-state index in [0.717, 1.165) is 21.6 Å². The molecule has 2 fully saturated rings. The SMILES string of the molecule is Ic1nsc(C2CC3CCC2C3)n1. The summed E-state index contributed by atoms with van der Waals surface area (Å²) in [5.41, 5.74) is 0. The number of fused-ring (bicyclic) bond motifs is 2. The van der Waals surface area contributed by atoms with E-state index in [-0.39, 0.29) is 0 Å². The molecule has 1 heterocycles. The molecule has 0 aromatic carbocycles. The van der Waals surface area contributed by atoms with Crippen LogP contribution in [-0.4, -0.2) is 9.36 Å². The molecular weight excluding hydrogens is 295 g/mol. The monoisotopic (exact) mass is 306 g/mol. The van der Waals surface area contributed by atoms with Crippen LogP contribution in [0, 0.1) is 15.7 Å². The molecule has 3 unspecified atom stereocenters. The van der Waals surface area contributed by atoms with Crippen LogP contribution in [0.4, 0.5) is 0 Å². The van der Waals surface area contributed by atoms with Gasteiger partial charge in [-0.15, -0.1) is 0 Å². The van der Waals surface area contributed by atoms with Gasteiger partial charge in [-0.1, -0.05) is 6.42 Å². The molecule has 1 aromatic rings. The lowest BCUT2D eigenvalue weighted by atomic mass is 9.89. The number of hydrogen-bond acceptors (Lipinski definition) is 3. The van der Waals surface area contributed by atoms with Crippen LogP contribution in [0.3, 0.4) is 0 Å². The maximum absolute atomic E-state index is 4.51. The molecule has 0 spiro atoms. The van der Waals surface area contributed by atoms with Crippen molar-refractivity contribution in [2.24, 2.45) is 11.8 Å². The highest BCUT2D eigenvalue weighted by Crippen LogP contribution is 2.52. The largest absolute Gasteiger partial charge is 0.215 e. The van der Waals surface area contributed by atoms with E-state index in [9.17, 15) is 0 Å². The molecule has 1 aromatic heterocycles. The van der Waals surface area contributed by atoms with Crippen molar-refractivity contribution in [1.29, 1.82) is 0 Å². The van der Waals surface area contributed by atoms with E-state index in [1.54, 1.807) is 11.5 Å². The van der Waals surface area contributed by atoms with Gasteiger partial charge in [0.1, 0.15) is 5.01 Å². The molecule has 2 aliphatic carbocycles. The van der Waals surface area contributed by atoms with Crippen LogP contribution >= 0.6 is 34.1 Å². The van der Waals surface area contributed by atoms with E-state index in [1.165, 1.54) is 30.7 Å². The molecule has 0 aliphatic heterocycles. The first-order chi connectivity index (χ1) is 6.33. The van der Waals surface area contributed by atoms with Crippen LogP contribution in [0.5, 0.6) is 0 Å². The van der Waals surface area contributed by atoms with Crippen molar-refractivity contribution < 1.29 is 0 Å². The summed E-state index contributed by atoms with van der Waals surface area (Å²) in [6.45, 7) is 0. The van der Waals surface area contributed by atoms with Gasteiger partial charge >= 0.3 is 0 Å². The van der Waals surface area contributed by atoms with Crippen molar-refractivity contribution in [3.05, 3.63) is 8.84 Å². The third-order valence-corrected chi connectivity index (χ3v) is 5.13. The Bertz CT molecular complexity index is 325. The Morgan fingerprint density at radius 3 is 2.77 bits per heavy atom. The summed E-state index contributed by atoms with van der Waals surface area (Å²) in [4.78, 5) is 4.51. The van der Waals surface area contributed by atoms with E-state index in [2.05, 4.69) is 31.9 Å². The Morgan fingerprint density at radius 2 is 2.23 bits per heavy atom. The van der Waals surface area contributed by atoms with Crippen LogP contribution in [0.1, 0.15) is 36.6 Å². The van der Waals surface area contributed by atoms with Crippen molar-refractivity contribution in [2.75, 3.05) is 0 Å². The summed E-state index contributed by atoms with van der Waals surface area (Å²) in [6, 6.07) is 0. The van der Waals surface area contributed by atoms with Crippen molar-refractivity contribution in [3.63, 3.8) is 0 Å². The summed E-state index contributed by atoms with van der Waals surface area (Å²) in [6.07, 6.45) is 5.75. The first-order valence-corrected chi connectivity index (χ1v) is 6.67. The van der Waals surface area contributed by atoms with Crippen molar-refractivity contribution in [1.82, 2.24) is 9.36 Å². The third-order valence-electron chi connectivity index (χ3n) is 3.47. The Kier molecular flexibility index (Phi) is 2.08. The minimum Gasteiger partial charge on any atom is -0.215 e. The minimum atomic E-state index is 0.764. The van der Waals surface area contributed by atoms with Crippen molar-refractivity contribution in [2.45, 2.75) is 31.6 Å².